The highest BCUT2D eigenvalue weighted by atomic mass is 16.2. The van der Waals surface area contributed by atoms with E-state index in [2.05, 4.69) is 12.2 Å². The van der Waals surface area contributed by atoms with Gasteiger partial charge in [-0.1, -0.05) is 67.9 Å². The summed E-state index contributed by atoms with van der Waals surface area (Å²) in [6.45, 7) is 2.73. The molecule has 3 heteroatoms. The van der Waals surface area contributed by atoms with E-state index in [-0.39, 0.29) is 24.5 Å². The number of aryl methyl sites for hydroxylation is 1. The molecule has 0 heterocycles. The second-order valence-electron chi connectivity index (χ2n) is 5.96. The molecule has 0 atom stereocenters. The van der Waals surface area contributed by atoms with Gasteiger partial charge in [0.05, 0.1) is 0 Å². The minimum Gasteiger partial charge on any atom is -0.356 e. The van der Waals surface area contributed by atoms with Gasteiger partial charge < -0.3 is 5.32 Å². The number of hydrogen-bond acceptors (Lipinski definition) is 2. The Labute approximate surface area is 144 Å². The van der Waals surface area contributed by atoms with Crippen molar-refractivity contribution in [1.82, 2.24) is 5.32 Å². The van der Waals surface area contributed by atoms with Crippen LogP contribution in [-0.4, -0.2) is 18.2 Å². The van der Waals surface area contributed by atoms with E-state index in [0.29, 0.717) is 12.1 Å². The molecule has 2 aromatic carbocycles. The maximum atomic E-state index is 12.1. The summed E-state index contributed by atoms with van der Waals surface area (Å²) in [6, 6.07) is 17.7. The van der Waals surface area contributed by atoms with Gasteiger partial charge in [0, 0.05) is 24.9 Å². The molecule has 0 saturated carbocycles. The van der Waals surface area contributed by atoms with E-state index in [1.165, 1.54) is 11.1 Å². The van der Waals surface area contributed by atoms with Crippen LogP contribution < -0.4 is 5.32 Å². The molecule has 2 rings (SSSR count). The third-order valence-electron chi connectivity index (χ3n) is 3.97. The van der Waals surface area contributed by atoms with Gasteiger partial charge in [-0.3, -0.25) is 9.59 Å². The molecule has 0 radical (unpaired) electrons. The normalized spacial score (nSPS) is 10.4. The molecule has 0 aliphatic carbocycles. The van der Waals surface area contributed by atoms with Crippen LogP contribution in [0.25, 0.3) is 0 Å². The summed E-state index contributed by atoms with van der Waals surface area (Å²) in [5.74, 6) is -0.0434. The average molecular weight is 323 g/mol. The summed E-state index contributed by atoms with van der Waals surface area (Å²) in [4.78, 5) is 24.0. The number of ketones is 1. The zero-order valence-electron chi connectivity index (χ0n) is 14.3. The lowest BCUT2D eigenvalue weighted by Gasteiger charge is -2.06. The van der Waals surface area contributed by atoms with Crippen molar-refractivity contribution < 1.29 is 9.59 Å². The van der Waals surface area contributed by atoms with Gasteiger partial charge in [-0.05, 0) is 24.0 Å². The van der Waals surface area contributed by atoms with E-state index >= 15 is 0 Å². The second-order valence-corrected chi connectivity index (χ2v) is 5.96. The topological polar surface area (TPSA) is 46.2 Å². The zero-order valence-corrected chi connectivity index (χ0v) is 14.3. The van der Waals surface area contributed by atoms with Crippen LogP contribution in [0.15, 0.2) is 54.6 Å². The summed E-state index contributed by atoms with van der Waals surface area (Å²) >= 11 is 0. The predicted octanol–water partition coefficient (Wildman–Crippen LogP) is 3.96. The fraction of sp³-hybridized carbons (Fsp3) is 0.333. The first-order chi connectivity index (χ1) is 11.7. The molecule has 0 aliphatic heterocycles. The largest absolute Gasteiger partial charge is 0.356 e. The molecule has 0 spiro atoms. The van der Waals surface area contributed by atoms with Gasteiger partial charge in [-0.15, -0.1) is 0 Å². The molecule has 2 aromatic rings. The average Bonchev–Trinajstić information content (AvgIpc) is 2.61. The molecule has 0 saturated heterocycles. The van der Waals surface area contributed by atoms with Gasteiger partial charge in [0.15, 0.2) is 5.78 Å². The number of amides is 1. The van der Waals surface area contributed by atoms with E-state index < -0.39 is 0 Å². The van der Waals surface area contributed by atoms with Gasteiger partial charge in [0.2, 0.25) is 5.91 Å². The molecule has 0 fully saturated rings. The van der Waals surface area contributed by atoms with Crippen molar-refractivity contribution in [2.45, 2.75) is 39.0 Å². The van der Waals surface area contributed by atoms with E-state index in [9.17, 15) is 9.59 Å². The Kier molecular flexibility index (Phi) is 7.21. The van der Waals surface area contributed by atoms with Crippen molar-refractivity contribution in [2.75, 3.05) is 6.54 Å². The molecule has 0 bridgehead atoms. The summed E-state index contributed by atoms with van der Waals surface area (Å²) < 4.78 is 0. The predicted molar refractivity (Wildman–Crippen MR) is 97.2 cm³/mol. The molecule has 0 unspecified atom stereocenters. The molecular weight excluding hydrogens is 298 g/mol. The van der Waals surface area contributed by atoms with Crippen molar-refractivity contribution in [1.29, 1.82) is 0 Å². The summed E-state index contributed by atoms with van der Waals surface area (Å²) in [7, 11) is 0. The van der Waals surface area contributed by atoms with Crippen molar-refractivity contribution in [3.05, 3.63) is 71.3 Å². The monoisotopic (exact) mass is 323 g/mol. The van der Waals surface area contributed by atoms with Crippen LogP contribution in [0.1, 0.15) is 47.7 Å². The summed E-state index contributed by atoms with van der Waals surface area (Å²) in [5, 5.41) is 2.87. The molecule has 1 N–H and O–H groups in total. The molecule has 0 aromatic heterocycles. The van der Waals surface area contributed by atoms with Crippen LogP contribution in [-0.2, 0) is 17.6 Å². The van der Waals surface area contributed by atoms with Crippen molar-refractivity contribution >= 4 is 11.7 Å². The third-order valence-corrected chi connectivity index (χ3v) is 3.97. The van der Waals surface area contributed by atoms with Crippen molar-refractivity contribution in [2.24, 2.45) is 0 Å². The van der Waals surface area contributed by atoms with E-state index in [4.69, 9.17) is 0 Å². The Balaban J connectivity index is 1.69. The lowest BCUT2D eigenvalue weighted by molar-refractivity contribution is -0.121. The number of benzene rings is 2. The number of Topliss-reactive ketones (excluding diaryl/α,β-unsaturated/α-hetero) is 1. The summed E-state index contributed by atoms with van der Waals surface area (Å²) in [6.07, 6.45) is 3.42. The number of carbonyl (C=O) groups excluding carboxylic acids is 2. The quantitative estimate of drug-likeness (QED) is 0.710. The SMILES string of the molecule is CCCc1ccc(C(=O)CCC(=O)NCCc2ccccc2)cc1. The van der Waals surface area contributed by atoms with Gasteiger partial charge >= 0.3 is 0 Å². The van der Waals surface area contributed by atoms with E-state index in [1.54, 1.807) is 0 Å². The highest BCUT2D eigenvalue weighted by Crippen LogP contribution is 2.10. The van der Waals surface area contributed by atoms with Gasteiger partial charge in [-0.2, -0.15) is 0 Å². The molecular formula is C21H25NO2. The van der Waals surface area contributed by atoms with Gasteiger partial charge in [-0.25, -0.2) is 0 Å². The number of rotatable bonds is 9. The standard InChI is InChI=1S/C21H25NO2/c1-2-6-17-9-11-19(12-10-17)20(23)13-14-21(24)22-16-15-18-7-4-3-5-8-18/h3-5,7-12H,2,6,13-16H2,1H3,(H,22,24). The van der Waals surface area contributed by atoms with E-state index in [0.717, 1.165) is 19.3 Å². The molecule has 24 heavy (non-hydrogen) atoms. The lowest BCUT2D eigenvalue weighted by Crippen LogP contribution is -2.26. The summed E-state index contributed by atoms with van der Waals surface area (Å²) in [5.41, 5.74) is 3.13. The van der Waals surface area contributed by atoms with E-state index in [1.807, 2.05) is 54.6 Å². The fourth-order valence-corrected chi connectivity index (χ4v) is 2.60. The second kappa shape index (κ2) is 9.66. The first-order valence-electron chi connectivity index (χ1n) is 8.62. The number of hydrogen-bond donors (Lipinski definition) is 1. The molecule has 3 nitrogen and oxygen atoms in total. The Morgan fingerprint density at radius 3 is 2.17 bits per heavy atom. The number of nitrogens with one attached hydrogen (secondary N) is 1. The fourth-order valence-electron chi connectivity index (χ4n) is 2.60. The van der Waals surface area contributed by atoms with Crippen LogP contribution in [0.5, 0.6) is 0 Å². The minimum absolute atomic E-state index is 0.0243. The minimum atomic E-state index is -0.0677. The Morgan fingerprint density at radius 2 is 1.50 bits per heavy atom. The van der Waals surface area contributed by atoms with Crippen LogP contribution >= 0.6 is 0 Å². The Bertz CT molecular complexity index is 647. The van der Waals surface area contributed by atoms with Crippen LogP contribution in [0.4, 0.5) is 0 Å². The van der Waals surface area contributed by atoms with Gasteiger partial charge in [0.1, 0.15) is 0 Å². The Hall–Kier alpha value is -2.42. The first kappa shape index (κ1) is 17.9. The lowest BCUT2D eigenvalue weighted by atomic mass is 10.0. The van der Waals surface area contributed by atoms with Crippen LogP contribution in [0.2, 0.25) is 0 Å². The smallest absolute Gasteiger partial charge is 0.220 e. The van der Waals surface area contributed by atoms with Crippen molar-refractivity contribution in [3.63, 3.8) is 0 Å². The molecule has 1 amide bonds. The molecule has 126 valence electrons. The maximum Gasteiger partial charge on any atom is 0.220 e. The zero-order chi connectivity index (χ0) is 17.2. The highest BCUT2D eigenvalue weighted by Gasteiger charge is 2.09. The first-order valence-corrected chi connectivity index (χ1v) is 8.62. The van der Waals surface area contributed by atoms with Crippen LogP contribution in [0.3, 0.4) is 0 Å². The number of carbonyl (C=O) groups is 2. The van der Waals surface area contributed by atoms with Crippen molar-refractivity contribution in [3.8, 4) is 0 Å². The highest BCUT2D eigenvalue weighted by molar-refractivity contribution is 5.97. The van der Waals surface area contributed by atoms with Crippen LogP contribution in [0, 0.1) is 0 Å². The molecule has 0 aliphatic rings. The van der Waals surface area contributed by atoms with Gasteiger partial charge in [0.25, 0.3) is 0 Å². The maximum absolute atomic E-state index is 12.1. The third kappa shape index (κ3) is 5.99. The Morgan fingerprint density at radius 1 is 0.833 bits per heavy atom.